The van der Waals surface area contributed by atoms with Crippen LogP contribution in [0.15, 0.2) is 57.9 Å². The fourth-order valence-corrected chi connectivity index (χ4v) is 4.68. The summed E-state index contributed by atoms with van der Waals surface area (Å²) in [5.41, 5.74) is 1.90. The van der Waals surface area contributed by atoms with Gasteiger partial charge in [-0.3, -0.25) is 4.79 Å². The van der Waals surface area contributed by atoms with Crippen molar-refractivity contribution in [2.45, 2.75) is 13.0 Å². The molecule has 1 saturated heterocycles. The summed E-state index contributed by atoms with van der Waals surface area (Å²) in [7, 11) is 1.45. The van der Waals surface area contributed by atoms with Crippen LogP contribution in [0.3, 0.4) is 0 Å². The Bertz CT molecular complexity index is 1570. The van der Waals surface area contributed by atoms with Crippen LogP contribution in [-0.2, 0) is 4.74 Å². The van der Waals surface area contributed by atoms with Gasteiger partial charge in [0.1, 0.15) is 28.5 Å². The van der Waals surface area contributed by atoms with Crippen molar-refractivity contribution in [2.75, 3.05) is 32.1 Å². The lowest BCUT2D eigenvalue weighted by molar-refractivity contribution is 0.0277. The molecule has 1 atom stereocenters. The Labute approximate surface area is 216 Å². The average Bonchev–Trinajstić information content (AvgIpc) is 2.89. The lowest BCUT2D eigenvalue weighted by atomic mass is 9.96. The van der Waals surface area contributed by atoms with Crippen LogP contribution in [0.4, 0.5) is 15.9 Å². The number of nitrogens with one attached hydrogen (secondary N) is 2. The van der Waals surface area contributed by atoms with Crippen LogP contribution in [0.5, 0.6) is 5.75 Å². The van der Waals surface area contributed by atoms with Gasteiger partial charge >= 0.3 is 5.63 Å². The number of carbonyl (C=O) groups is 1. The van der Waals surface area contributed by atoms with Gasteiger partial charge in [-0.25, -0.2) is 14.2 Å². The molecule has 2 N–H and O–H groups in total. The SMILES string of the molecule is COc1cc(F)ccc1-c1cc(Nc2ccc3c(C4CNCCO4)c(C(C)=O)c(=O)oc3c2)ncc1Cl. The Morgan fingerprint density at radius 1 is 1.22 bits per heavy atom. The number of carbonyl (C=O) groups excluding carboxylic acids is 1. The maximum absolute atomic E-state index is 13.7. The molecule has 0 amide bonds. The summed E-state index contributed by atoms with van der Waals surface area (Å²) in [6.45, 7) is 2.98. The second-order valence-corrected chi connectivity index (χ2v) is 8.94. The van der Waals surface area contributed by atoms with Gasteiger partial charge in [-0.05, 0) is 37.3 Å². The fraction of sp³-hybridized carbons (Fsp3) is 0.222. The van der Waals surface area contributed by atoms with Gasteiger partial charge in [0.15, 0.2) is 5.78 Å². The van der Waals surface area contributed by atoms with Crippen molar-refractivity contribution in [1.29, 1.82) is 0 Å². The molecule has 0 saturated carbocycles. The highest BCUT2D eigenvalue weighted by molar-refractivity contribution is 6.33. The first-order valence-electron chi connectivity index (χ1n) is 11.6. The van der Waals surface area contributed by atoms with Crippen molar-refractivity contribution in [2.24, 2.45) is 0 Å². The topological polar surface area (TPSA) is 103 Å². The van der Waals surface area contributed by atoms with Crippen molar-refractivity contribution in [3.05, 3.63) is 81.0 Å². The second kappa shape index (κ2) is 10.3. The van der Waals surface area contributed by atoms with E-state index in [1.54, 1.807) is 30.3 Å². The van der Waals surface area contributed by atoms with Crippen molar-refractivity contribution in [3.63, 3.8) is 0 Å². The summed E-state index contributed by atoms with van der Waals surface area (Å²) in [5.74, 6) is -0.0211. The highest BCUT2D eigenvalue weighted by atomic mass is 35.5. The highest BCUT2D eigenvalue weighted by Gasteiger charge is 2.27. The van der Waals surface area contributed by atoms with E-state index in [0.717, 1.165) is 0 Å². The van der Waals surface area contributed by atoms with E-state index in [-0.39, 0.29) is 11.3 Å². The minimum absolute atomic E-state index is 0.000774. The highest BCUT2D eigenvalue weighted by Crippen LogP contribution is 2.37. The molecule has 0 bridgehead atoms. The van der Waals surface area contributed by atoms with E-state index in [2.05, 4.69) is 15.6 Å². The monoisotopic (exact) mass is 523 g/mol. The zero-order valence-electron chi connectivity index (χ0n) is 20.1. The first-order chi connectivity index (χ1) is 17.9. The Morgan fingerprint density at radius 3 is 2.78 bits per heavy atom. The molecule has 10 heteroatoms. The van der Waals surface area contributed by atoms with Gasteiger partial charge in [0.05, 0.1) is 24.8 Å². The Balaban J connectivity index is 1.54. The van der Waals surface area contributed by atoms with Crippen molar-refractivity contribution in [1.82, 2.24) is 10.3 Å². The number of fused-ring (bicyclic) bond motifs is 1. The Kier molecular flexibility index (Phi) is 6.92. The van der Waals surface area contributed by atoms with E-state index in [9.17, 15) is 14.0 Å². The number of hydrogen-bond acceptors (Lipinski definition) is 8. The van der Waals surface area contributed by atoms with Gasteiger partial charge in [0.25, 0.3) is 0 Å². The Hall–Kier alpha value is -3.79. The Morgan fingerprint density at radius 2 is 2.05 bits per heavy atom. The summed E-state index contributed by atoms with van der Waals surface area (Å²) < 4.78 is 30.4. The van der Waals surface area contributed by atoms with Crippen LogP contribution in [0.1, 0.15) is 28.9 Å². The molecule has 5 rings (SSSR count). The van der Waals surface area contributed by atoms with Crippen molar-refractivity contribution in [3.8, 4) is 16.9 Å². The average molecular weight is 524 g/mol. The lowest BCUT2D eigenvalue weighted by Crippen LogP contribution is -2.35. The molecule has 1 fully saturated rings. The molecule has 4 aromatic rings. The molecule has 3 heterocycles. The van der Waals surface area contributed by atoms with Gasteiger partial charge in [-0.1, -0.05) is 11.6 Å². The minimum atomic E-state index is -0.711. The second-order valence-electron chi connectivity index (χ2n) is 8.53. The molecule has 0 spiro atoms. The summed E-state index contributed by atoms with van der Waals surface area (Å²) >= 11 is 6.40. The predicted octanol–water partition coefficient (Wildman–Crippen LogP) is 5.26. The van der Waals surface area contributed by atoms with Crippen LogP contribution >= 0.6 is 11.6 Å². The molecule has 8 nitrogen and oxygen atoms in total. The number of benzene rings is 2. The number of ether oxygens (including phenoxy) is 2. The van der Waals surface area contributed by atoms with Crippen LogP contribution in [0, 0.1) is 5.82 Å². The van der Waals surface area contributed by atoms with E-state index >= 15 is 0 Å². The van der Waals surface area contributed by atoms with E-state index in [4.69, 9.17) is 25.5 Å². The lowest BCUT2D eigenvalue weighted by Gasteiger charge is -2.26. The van der Waals surface area contributed by atoms with Gasteiger partial charge in [0.2, 0.25) is 0 Å². The van der Waals surface area contributed by atoms with Gasteiger partial charge in [0, 0.05) is 59.2 Å². The zero-order valence-corrected chi connectivity index (χ0v) is 20.8. The van der Waals surface area contributed by atoms with Gasteiger partial charge in [-0.2, -0.15) is 0 Å². The third-order valence-corrected chi connectivity index (χ3v) is 6.43. The summed E-state index contributed by atoms with van der Waals surface area (Å²) in [4.78, 5) is 29.4. The summed E-state index contributed by atoms with van der Waals surface area (Å²) in [5, 5.41) is 7.39. The standard InChI is InChI=1S/C27H23ClFN3O5/c1-14(33)25-26(23-13-30-7-8-36-23)18-6-4-16(10-22(18)37-27(25)34)32-24-11-19(20(28)12-31-24)17-5-3-15(29)9-21(17)35-2/h3-6,9-12,23,30H,7-8,13H2,1-2H3,(H,31,32). The number of methoxy groups -OCH3 is 1. The molecule has 1 aliphatic rings. The number of halogens is 2. The van der Waals surface area contributed by atoms with Crippen LogP contribution in [-0.4, -0.2) is 37.6 Å². The molecule has 190 valence electrons. The normalized spacial score (nSPS) is 15.5. The molecule has 2 aromatic carbocycles. The molecular weight excluding hydrogens is 501 g/mol. The number of anilines is 2. The first-order valence-corrected chi connectivity index (χ1v) is 11.9. The first kappa shape index (κ1) is 24.9. The zero-order chi connectivity index (χ0) is 26.1. The van der Waals surface area contributed by atoms with Crippen molar-refractivity contribution < 1.29 is 23.1 Å². The molecular formula is C27H23ClFN3O5. The smallest absolute Gasteiger partial charge is 0.347 e. The number of nitrogens with zero attached hydrogens (tertiary/aromatic N) is 1. The molecule has 0 aliphatic carbocycles. The summed E-state index contributed by atoms with van der Waals surface area (Å²) in [6.07, 6.45) is 1.03. The van der Waals surface area contributed by atoms with Crippen molar-refractivity contribution >= 4 is 39.9 Å². The van der Waals surface area contributed by atoms with E-state index in [1.807, 2.05) is 0 Å². The number of ketones is 1. The van der Waals surface area contributed by atoms with Crippen LogP contribution in [0.2, 0.25) is 5.02 Å². The molecule has 0 radical (unpaired) electrons. The third-order valence-electron chi connectivity index (χ3n) is 6.13. The quantitative estimate of drug-likeness (QED) is 0.260. The van der Waals surface area contributed by atoms with Gasteiger partial charge < -0.3 is 24.5 Å². The van der Waals surface area contributed by atoms with E-state index < -0.39 is 17.5 Å². The number of aromatic nitrogens is 1. The number of morpholine rings is 1. The molecule has 37 heavy (non-hydrogen) atoms. The molecule has 1 aliphatic heterocycles. The number of hydrogen-bond donors (Lipinski definition) is 2. The molecule has 1 unspecified atom stereocenters. The number of pyridine rings is 1. The van der Waals surface area contributed by atoms with Crippen LogP contribution < -0.4 is 21.0 Å². The number of rotatable bonds is 6. The van der Waals surface area contributed by atoms with Crippen LogP contribution in [0.25, 0.3) is 22.1 Å². The van der Waals surface area contributed by atoms with E-state index in [1.165, 1.54) is 32.4 Å². The maximum atomic E-state index is 13.7. The van der Waals surface area contributed by atoms with E-state index in [0.29, 0.717) is 69.6 Å². The molecule has 2 aromatic heterocycles. The largest absolute Gasteiger partial charge is 0.496 e. The minimum Gasteiger partial charge on any atom is -0.496 e. The maximum Gasteiger partial charge on any atom is 0.347 e. The summed E-state index contributed by atoms with van der Waals surface area (Å²) in [6, 6.07) is 11.1. The fourth-order valence-electron chi connectivity index (χ4n) is 4.47. The third kappa shape index (κ3) is 4.93. The number of Topliss-reactive ketones (excluding diaryl/α,β-unsaturated/α-hetero) is 1. The van der Waals surface area contributed by atoms with Gasteiger partial charge in [-0.15, -0.1) is 0 Å². The predicted molar refractivity (Wildman–Crippen MR) is 139 cm³/mol.